The van der Waals surface area contributed by atoms with Crippen LogP contribution in [0.5, 0.6) is 0 Å². The van der Waals surface area contributed by atoms with Crippen LogP contribution in [0.25, 0.3) is 0 Å². The lowest BCUT2D eigenvalue weighted by Gasteiger charge is -1.99. The first-order chi connectivity index (χ1) is 3.00. The van der Waals surface area contributed by atoms with Crippen LogP contribution in [-0.4, -0.2) is 12.8 Å². The SMILES string of the molecule is [CH]1CC=NOC1. The van der Waals surface area contributed by atoms with E-state index < -0.39 is 0 Å². The molecule has 0 bridgehead atoms. The second-order valence-electron chi connectivity index (χ2n) is 1.11. The molecule has 1 heterocycles. The average molecular weight is 84.1 g/mol. The highest BCUT2D eigenvalue weighted by Gasteiger charge is 1.89. The predicted molar refractivity (Wildman–Crippen MR) is 23.4 cm³/mol. The first-order valence-electron chi connectivity index (χ1n) is 1.95. The number of hydrogen-bond acceptors (Lipinski definition) is 2. The summed E-state index contributed by atoms with van der Waals surface area (Å²) in [5, 5.41) is 3.52. The second-order valence-corrected chi connectivity index (χ2v) is 1.11. The zero-order chi connectivity index (χ0) is 4.24. The van der Waals surface area contributed by atoms with Crippen LogP contribution in [-0.2, 0) is 4.84 Å². The lowest BCUT2D eigenvalue weighted by atomic mass is 10.3. The van der Waals surface area contributed by atoms with Gasteiger partial charge in [-0.1, -0.05) is 5.16 Å². The van der Waals surface area contributed by atoms with E-state index in [-0.39, 0.29) is 0 Å². The summed E-state index contributed by atoms with van der Waals surface area (Å²) in [4.78, 5) is 4.58. The quantitative estimate of drug-likeness (QED) is 0.421. The molecule has 0 saturated heterocycles. The summed E-state index contributed by atoms with van der Waals surface area (Å²) in [7, 11) is 0. The number of nitrogens with zero attached hydrogens (tertiary/aromatic N) is 1. The summed E-state index contributed by atoms with van der Waals surface area (Å²) in [5.74, 6) is 0. The van der Waals surface area contributed by atoms with Crippen molar-refractivity contribution in [2.75, 3.05) is 6.61 Å². The van der Waals surface area contributed by atoms with Crippen LogP contribution in [0.3, 0.4) is 0 Å². The minimum Gasteiger partial charge on any atom is -0.396 e. The first kappa shape index (κ1) is 3.65. The number of hydrogen-bond donors (Lipinski definition) is 0. The van der Waals surface area contributed by atoms with Gasteiger partial charge < -0.3 is 4.84 Å². The van der Waals surface area contributed by atoms with Gasteiger partial charge in [0.1, 0.15) is 6.61 Å². The van der Waals surface area contributed by atoms with Crippen molar-refractivity contribution in [3.8, 4) is 0 Å². The molecule has 33 valence electrons. The number of rotatable bonds is 0. The summed E-state index contributed by atoms with van der Waals surface area (Å²) in [6, 6.07) is 0. The highest BCUT2D eigenvalue weighted by Crippen LogP contribution is 1.91. The maximum atomic E-state index is 4.58. The van der Waals surface area contributed by atoms with Gasteiger partial charge in [0.15, 0.2) is 0 Å². The highest BCUT2D eigenvalue weighted by atomic mass is 16.6. The maximum absolute atomic E-state index is 4.58. The molecule has 1 rings (SSSR count). The molecule has 0 fully saturated rings. The van der Waals surface area contributed by atoms with Crippen molar-refractivity contribution in [3.63, 3.8) is 0 Å². The summed E-state index contributed by atoms with van der Waals surface area (Å²) < 4.78 is 0. The zero-order valence-corrected chi connectivity index (χ0v) is 3.42. The first-order valence-corrected chi connectivity index (χ1v) is 1.95. The van der Waals surface area contributed by atoms with Crippen molar-refractivity contribution in [3.05, 3.63) is 6.42 Å². The fraction of sp³-hybridized carbons (Fsp3) is 0.500. The molecule has 0 saturated carbocycles. The molecule has 6 heavy (non-hydrogen) atoms. The molecule has 2 nitrogen and oxygen atoms in total. The minimum atomic E-state index is 0.677. The van der Waals surface area contributed by atoms with Crippen molar-refractivity contribution in [1.29, 1.82) is 0 Å². The van der Waals surface area contributed by atoms with Crippen molar-refractivity contribution in [2.45, 2.75) is 6.42 Å². The molecule has 2 heteroatoms. The molecular formula is C4H6NO. The molecule has 1 aliphatic heterocycles. The van der Waals surface area contributed by atoms with Crippen molar-refractivity contribution in [1.82, 2.24) is 0 Å². The summed E-state index contributed by atoms with van der Waals surface area (Å²) in [6.45, 7) is 0.677. The third-order valence-corrected chi connectivity index (χ3v) is 0.614. The molecule has 0 N–H and O–H groups in total. The van der Waals surface area contributed by atoms with E-state index in [4.69, 9.17) is 0 Å². The van der Waals surface area contributed by atoms with Crippen molar-refractivity contribution < 1.29 is 4.84 Å². The van der Waals surface area contributed by atoms with Gasteiger partial charge in [-0.25, -0.2) is 0 Å². The topological polar surface area (TPSA) is 21.6 Å². The Kier molecular flexibility index (Phi) is 1.10. The van der Waals surface area contributed by atoms with Crippen LogP contribution >= 0.6 is 0 Å². The largest absolute Gasteiger partial charge is 0.396 e. The van der Waals surface area contributed by atoms with Gasteiger partial charge in [0.25, 0.3) is 0 Å². The molecule has 1 radical (unpaired) electrons. The Morgan fingerprint density at radius 3 is 2.83 bits per heavy atom. The Labute approximate surface area is 36.8 Å². The van der Waals surface area contributed by atoms with E-state index in [0.29, 0.717) is 6.61 Å². The molecule has 0 atom stereocenters. The van der Waals surface area contributed by atoms with Gasteiger partial charge in [-0.3, -0.25) is 0 Å². The van der Waals surface area contributed by atoms with Gasteiger partial charge in [-0.05, 0) is 6.42 Å². The van der Waals surface area contributed by atoms with Gasteiger partial charge in [-0.15, -0.1) is 0 Å². The summed E-state index contributed by atoms with van der Waals surface area (Å²) >= 11 is 0. The normalized spacial score (nSPS) is 20.0. The van der Waals surface area contributed by atoms with E-state index in [1.807, 2.05) is 6.42 Å². The van der Waals surface area contributed by atoms with Crippen molar-refractivity contribution in [2.24, 2.45) is 5.16 Å². The van der Waals surface area contributed by atoms with Crippen LogP contribution < -0.4 is 0 Å². The molecule has 0 unspecified atom stereocenters. The van der Waals surface area contributed by atoms with Crippen molar-refractivity contribution >= 4 is 6.21 Å². The van der Waals surface area contributed by atoms with Crippen LogP contribution in [0.2, 0.25) is 0 Å². The zero-order valence-electron chi connectivity index (χ0n) is 3.42. The fourth-order valence-electron chi connectivity index (χ4n) is 0.334. The summed E-state index contributed by atoms with van der Waals surface area (Å²) in [5.41, 5.74) is 0. The molecule has 0 spiro atoms. The lowest BCUT2D eigenvalue weighted by Crippen LogP contribution is -1.95. The monoisotopic (exact) mass is 84.0 g/mol. The van der Waals surface area contributed by atoms with E-state index in [0.717, 1.165) is 6.42 Å². The Morgan fingerprint density at radius 2 is 2.67 bits per heavy atom. The maximum Gasteiger partial charge on any atom is 0.120 e. The molecule has 0 aromatic heterocycles. The predicted octanol–water partition coefficient (Wildman–Crippen LogP) is 0.597. The second kappa shape index (κ2) is 1.80. The van der Waals surface area contributed by atoms with Gasteiger partial charge in [0, 0.05) is 12.6 Å². The van der Waals surface area contributed by atoms with E-state index in [1.54, 1.807) is 6.21 Å². The lowest BCUT2D eigenvalue weighted by molar-refractivity contribution is 0.159. The van der Waals surface area contributed by atoms with E-state index >= 15 is 0 Å². The smallest absolute Gasteiger partial charge is 0.120 e. The molecular weight excluding hydrogens is 78.0 g/mol. The van der Waals surface area contributed by atoms with Crippen LogP contribution in [0, 0.1) is 6.42 Å². The molecule has 0 aromatic carbocycles. The third-order valence-electron chi connectivity index (χ3n) is 0.614. The average Bonchev–Trinajstić information content (AvgIpc) is 1.72. The van der Waals surface area contributed by atoms with Crippen LogP contribution in [0.15, 0.2) is 5.16 Å². The third kappa shape index (κ3) is 0.708. The molecule has 0 aromatic rings. The van der Waals surface area contributed by atoms with Gasteiger partial charge in [0.2, 0.25) is 0 Å². The Hall–Kier alpha value is -0.530. The standard InChI is InChI=1S/C4H6NO/c1-2-4-6-5-3-1/h2-3H,1,4H2. The Balaban J connectivity index is 2.26. The van der Waals surface area contributed by atoms with Gasteiger partial charge >= 0.3 is 0 Å². The fourth-order valence-corrected chi connectivity index (χ4v) is 0.334. The minimum absolute atomic E-state index is 0.677. The van der Waals surface area contributed by atoms with Gasteiger partial charge in [0.05, 0.1) is 0 Å². The molecule has 1 aliphatic rings. The summed E-state index contributed by atoms with van der Waals surface area (Å²) in [6.07, 6.45) is 4.72. The Bertz CT molecular complexity index is 52.6. The van der Waals surface area contributed by atoms with Crippen LogP contribution in [0.1, 0.15) is 6.42 Å². The Morgan fingerprint density at radius 1 is 1.67 bits per heavy atom. The number of oxime groups is 1. The van der Waals surface area contributed by atoms with E-state index in [9.17, 15) is 0 Å². The van der Waals surface area contributed by atoms with E-state index in [2.05, 4.69) is 9.99 Å². The molecule has 0 aliphatic carbocycles. The van der Waals surface area contributed by atoms with Crippen LogP contribution in [0.4, 0.5) is 0 Å². The highest BCUT2D eigenvalue weighted by molar-refractivity contribution is 5.58. The molecule has 0 amide bonds. The van der Waals surface area contributed by atoms with E-state index in [1.165, 1.54) is 0 Å². The van der Waals surface area contributed by atoms with Gasteiger partial charge in [-0.2, -0.15) is 0 Å².